The van der Waals surface area contributed by atoms with Crippen molar-refractivity contribution in [1.82, 2.24) is 5.32 Å². The largest absolute Gasteiger partial charge is 0.490 e. The number of carbonyl (C=O) groups is 1. The fraction of sp³-hybridized carbons (Fsp3) is 0.500. The van der Waals surface area contributed by atoms with Gasteiger partial charge in [0.2, 0.25) is 0 Å². The highest BCUT2D eigenvalue weighted by Gasteiger charge is 2.24. The van der Waals surface area contributed by atoms with E-state index in [1.165, 1.54) is 12.8 Å². The lowest BCUT2D eigenvalue weighted by atomic mass is 10.1. The van der Waals surface area contributed by atoms with Crippen molar-refractivity contribution in [3.63, 3.8) is 0 Å². The van der Waals surface area contributed by atoms with Gasteiger partial charge in [-0.25, -0.2) is 0 Å². The second-order valence-electron chi connectivity index (χ2n) is 4.92. The van der Waals surface area contributed by atoms with Crippen LogP contribution < -0.4 is 10.1 Å². The number of Topliss-reactive ketones (excluding diaryl/α,β-unsaturated/α-hetero) is 1. The van der Waals surface area contributed by atoms with Gasteiger partial charge < -0.3 is 10.1 Å². The van der Waals surface area contributed by atoms with E-state index in [1.54, 1.807) is 0 Å². The topological polar surface area (TPSA) is 38.3 Å². The predicted molar refractivity (Wildman–Crippen MR) is 65.4 cm³/mol. The lowest BCUT2D eigenvalue weighted by molar-refractivity contribution is 0.0990. The number of hydrogen-bond acceptors (Lipinski definition) is 3. The summed E-state index contributed by atoms with van der Waals surface area (Å²) >= 11 is 0. The van der Waals surface area contributed by atoms with Crippen molar-refractivity contribution in [3.05, 3.63) is 29.8 Å². The van der Waals surface area contributed by atoms with E-state index in [2.05, 4.69) is 5.32 Å². The Labute approximate surface area is 101 Å². The van der Waals surface area contributed by atoms with Gasteiger partial charge in [0, 0.05) is 11.6 Å². The Morgan fingerprint density at radius 2 is 2.12 bits per heavy atom. The van der Waals surface area contributed by atoms with Gasteiger partial charge in [0.05, 0.1) is 12.6 Å². The van der Waals surface area contributed by atoms with Gasteiger partial charge in [-0.15, -0.1) is 0 Å². The average molecular weight is 231 g/mol. The summed E-state index contributed by atoms with van der Waals surface area (Å²) in [7, 11) is 0. The van der Waals surface area contributed by atoms with Gasteiger partial charge in [-0.3, -0.25) is 4.79 Å². The van der Waals surface area contributed by atoms with Gasteiger partial charge in [-0.2, -0.15) is 0 Å². The van der Waals surface area contributed by atoms with E-state index in [-0.39, 0.29) is 5.78 Å². The highest BCUT2D eigenvalue weighted by molar-refractivity contribution is 5.98. The van der Waals surface area contributed by atoms with Crippen molar-refractivity contribution in [2.45, 2.75) is 37.8 Å². The zero-order valence-electron chi connectivity index (χ0n) is 9.82. The SMILES string of the molecule is O=C(CNC1CC1)c1cccc(OC2CC2)c1. The number of ketones is 1. The van der Waals surface area contributed by atoms with E-state index in [1.807, 2.05) is 24.3 Å². The summed E-state index contributed by atoms with van der Waals surface area (Å²) in [4.78, 5) is 11.9. The molecule has 1 aromatic rings. The van der Waals surface area contributed by atoms with E-state index < -0.39 is 0 Å². The molecule has 0 bridgehead atoms. The number of ether oxygens (including phenoxy) is 1. The minimum atomic E-state index is 0.151. The van der Waals surface area contributed by atoms with Crippen LogP contribution in [0.5, 0.6) is 5.75 Å². The Kier molecular flexibility index (Phi) is 2.85. The molecule has 3 heteroatoms. The summed E-state index contributed by atoms with van der Waals surface area (Å²) in [5, 5.41) is 3.24. The highest BCUT2D eigenvalue weighted by Crippen LogP contribution is 2.27. The van der Waals surface area contributed by atoms with Crippen molar-refractivity contribution in [1.29, 1.82) is 0 Å². The summed E-state index contributed by atoms with van der Waals surface area (Å²) in [6.07, 6.45) is 5.07. The monoisotopic (exact) mass is 231 g/mol. The lowest BCUT2D eigenvalue weighted by Gasteiger charge is -2.06. The minimum Gasteiger partial charge on any atom is -0.490 e. The first-order valence-electron chi connectivity index (χ1n) is 6.34. The molecule has 2 saturated carbocycles. The van der Waals surface area contributed by atoms with Crippen molar-refractivity contribution < 1.29 is 9.53 Å². The van der Waals surface area contributed by atoms with Crippen molar-refractivity contribution in [2.24, 2.45) is 0 Å². The van der Waals surface area contributed by atoms with Gasteiger partial charge in [0.15, 0.2) is 5.78 Å². The van der Waals surface area contributed by atoms with Gasteiger partial charge in [-0.1, -0.05) is 12.1 Å². The van der Waals surface area contributed by atoms with Crippen LogP contribution in [-0.4, -0.2) is 24.5 Å². The van der Waals surface area contributed by atoms with Crippen LogP contribution in [-0.2, 0) is 0 Å². The highest BCUT2D eigenvalue weighted by atomic mass is 16.5. The molecule has 17 heavy (non-hydrogen) atoms. The van der Waals surface area contributed by atoms with E-state index in [9.17, 15) is 4.79 Å². The van der Waals surface area contributed by atoms with E-state index in [4.69, 9.17) is 4.74 Å². The molecule has 2 fully saturated rings. The summed E-state index contributed by atoms with van der Waals surface area (Å²) in [5.74, 6) is 0.975. The first-order valence-corrected chi connectivity index (χ1v) is 6.34. The molecule has 0 heterocycles. The van der Waals surface area contributed by atoms with Crippen LogP contribution in [0.15, 0.2) is 24.3 Å². The van der Waals surface area contributed by atoms with Crippen LogP contribution in [0.2, 0.25) is 0 Å². The summed E-state index contributed by atoms with van der Waals surface area (Å²) < 4.78 is 5.68. The second-order valence-corrected chi connectivity index (χ2v) is 4.92. The molecule has 0 aromatic heterocycles. The quantitative estimate of drug-likeness (QED) is 0.762. The predicted octanol–water partition coefficient (Wildman–Crippen LogP) is 2.16. The summed E-state index contributed by atoms with van der Waals surface area (Å²) in [6.45, 7) is 0.442. The maximum Gasteiger partial charge on any atom is 0.176 e. The van der Waals surface area contributed by atoms with Crippen molar-refractivity contribution in [3.8, 4) is 5.75 Å². The lowest BCUT2D eigenvalue weighted by Crippen LogP contribution is -2.24. The second kappa shape index (κ2) is 4.49. The fourth-order valence-electron chi connectivity index (χ4n) is 1.75. The molecule has 1 aromatic carbocycles. The van der Waals surface area contributed by atoms with Crippen LogP contribution in [0.1, 0.15) is 36.0 Å². The van der Waals surface area contributed by atoms with Crippen LogP contribution in [0, 0.1) is 0 Å². The number of hydrogen-bond donors (Lipinski definition) is 1. The third-order valence-corrected chi connectivity index (χ3v) is 3.11. The van der Waals surface area contributed by atoms with Crippen LogP contribution in [0.4, 0.5) is 0 Å². The van der Waals surface area contributed by atoms with Gasteiger partial charge in [0.25, 0.3) is 0 Å². The van der Waals surface area contributed by atoms with E-state index in [0.29, 0.717) is 18.7 Å². The maximum atomic E-state index is 11.9. The molecule has 3 rings (SSSR count). The Hall–Kier alpha value is -1.35. The molecule has 0 unspecified atom stereocenters. The first kappa shape index (κ1) is 10.8. The number of nitrogens with one attached hydrogen (secondary N) is 1. The molecule has 0 radical (unpaired) electrons. The molecule has 1 N–H and O–H groups in total. The van der Waals surface area contributed by atoms with Crippen molar-refractivity contribution in [2.75, 3.05) is 6.54 Å². The molecule has 2 aliphatic carbocycles. The molecule has 0 spiro atoms. The number of carbonyl (C=O) groups excluding carboxylic acids is 1. The van der Waals surface area contributed by atoms with Crippen LogP contribution in [0.3, 0.4) is 0 Å². The van der Waals surface area contributed by atoms with Gasteiger partial charge >= 0.3 is 0 Å². The molecule has 0 amide bonds. The summed E-state index contributed by atoms with van der Waals surface area (Å²) in [5.41, 5.74) is 0.747. The number of rotatable bonds is 6. The Morgan fingerprint density at radius 3 is 2.82 bits per heavy atom. The third kappa shape index (κ3) is 3.07. The van der Waals surface area contributed by atoms with Gasteiger partial charge in [-0.05, 0) is 37.8 Å². The molecule has 2 aliphatic rings. The molecule has 90 valence electrons. The summed E-state index contributed by atoms with van der Waals surface area (Å²) in [6, 6.07) is 8.10. The number of benzene rings is 1. The Bertz CT molecular complexity index is 422. The molecule has 0 atom stereocenters. The average Bonchev–Trinajstić information content (AvgIpc) is 3.20. The smallest absolute Gasteiger partial charge is 0.176 e. The maximum absolute atomic E-state index is 11.9. The molecule has 0 saturated heterocycles. The minimum absolute atomic E-state index is 0.151. The molecule has 3 nitrogen and oxygen atoms in total. The van der Waals surface area contributed by atoms with E-state index in [0.717, 1.165) is 24.2 Å². The normalized spacial score (nSPS) is 19.1. The fourth-order valence-corrected chi connectivity index (χ4v) is 1.75. The first-order chi connectivity index (χ1) is 8.31. The zero-order valence-corrected chi connectivity index (χ0v) is 9.82. The standard InChI is InChI=1S/C14H17NO2/c16-14(9-15-11-4-5-11)10-2-1-3-13(8-10)17-12-6-7-12/h1-3,8,11-12,15H,4-7,9H2. The van der Waals surface area contributed by atoms with Crippen LogP contribution >= 0.6 is 0 Å². The van der Waals surface area contributed by atoms with Crippen molar-refractivity contribution >= 4 is 5.78 Å². The Morgan fingerprint density at radius 1 is 1.29 bits per heavy atom. The molecular formula is C14H17NO2. The Balaban J connectivity index is 1.61. The van der Waals surface area contributed by atoms with Crippen LogP contribution in [0.25, 0.3) is 0 Å². The third-order valence-electron chi connectivity index (χ3n) is 3.11. The van der Waals surface area contributed by atoms with Gasteiger partial charge in [0.1, 0.15) is 5.75 Å². The van der Waals surface area contributed by atoms with E-state index >= 15 is 0 Å². The zero-order chi connectivity index (χ0) is 11.7. The molecular weight excluding hydrogens is 214 g/mol. The molecule has 0 aliphatic heterocycles.